The summed E-state index contributed by atoms with van der Waals surface area (Å²) in [5, 5.41) is 12.2. The van der Waals surface area contributed by atoms with Crippen molar-refractivity contribution < 1.29 is 19.4 Å². The Bertz CT molecular complexity index is 577. The Labute approximate surface area is 144 Å². The third kappa shape index (κ3) is 6.60. The van der Waals surface area contributed by atoms with Crippen LogP contribution in [0.1, 0.15) is 58.9 Å². The van der Waals surface area contributed by atoms with E-state index in [0.29, 0.717) is 17.7 Å². The van der Waals surface area contributed by atoms with Gasteiger partial charge in [0.05, 0.1) is 19.1 Å². The highest BCUT2D eigenvalue weighted by atomic mass is 16.5. The van der Waals surface area contributed by atoms with Crippen molar-refractivity contribution in [1.29, 1.82) is 0 Å². The minimum Gasteiger partial charge on any atom is -0.497 e. The molecular formula is C19H29NO4. The molecule has 0 aliphatic heterocycles. The van der Waals surface area contributed by atoms with Gasteiger partial charge in [-0.2, -0.15) is 0 Å². The number of methoxy groups -OCH3 is 1. The highest BCUT2D eigenvalue weighted by molar-refractivity contribution is 5.78. The zero-order chi connectivity index (χ0) is 18.4. The fourth-order valence-electron chi connectivity index (χ4n) is 2.64. The van der Waals surface area contributed by atoms with Crippen LogP contribution < -0.4 is 10.1 Å². The van der Waals surface area contributed by atoms with Crippen LogP contribution in [0.3, 0.4) is 0 Å². The fourth-order valence-corrected chi connectivity index (χ4v) is 2.64. The largest absolute Gasteiger partial charge is 0.497 e. The predicted octanol–water partition coefficient (Wildman–Crippen LogP) is 3.72. The molecule has 134 valence electrons. The van der Waals surface area contributed by atoms with Gasteiger partial charge in [-0.1, -0.05) is 32.9 Å². The first-order chi connectivity index (χ1) is 11.1. The molecule has 5 heteroatoms. The third-order valence-corrected chi connectivity index (χ3v) is 3.96. The molecule has 1 atom stereocenters. The summed E-state index contributed by atoms with van der Waals surface area (Å²) in [6.45, 7) is 8.14. The summed E-state index contributed by atoms with van der Waals surface area (Å²) in [7, 11) is 1.55. The molecule has 1 aromatic rings. The van der Waals surface area contributed by atoms with Gasteiger partial charge in [0.25, 0.3) is 0 Å². The Hall–Kier alpha value is -2.04. The molecule has 0 aliphatic carbocycles. The number of amides is 1. The topological polar surface area (TPSA) is 75.6 Å². The minimum atomic E-state index is -0.973. The van der Waals surface area contributed by atoms with Crippen molar-refractivity contribution in [3.8, 4) is 5.75 Å². The highest BCUT2D eigenvalue weighted by Crippen LogP contribution is 2.28. The normalized spacial score (nSPS) is 13.9. The Morgan fingerprint density at radius 2 is 1.88 bits per heavy atom. The first-order valence-electron chi connectivity index (χ1n) is 8.23. The fraction of sp³-hybridized carbons (Fsp3) is 0.579. The van der Waals surface area contributed by atoms with Crippen LogP contribution in [0.2, 0.25) is 0 Å². The third-order valence-electron chi connectivity index (χ3n) is 3.96. The molecule has 0 saturated heterocycles. The summed E-state index contributed by atoms with van der Waals surface area (Å²) < 4.78 is 5.20. The Kier molecular flexibility index (Phi) is 6.81. The van der Waals surface area contributed by atoms with Crippen molar-refractivity contribution in [2.75, 3.05) is 7.11 Å². The number of carboxylic acids is 1. The molecule has 1 aromatic carbocycles. The van der Waals surface area contributed by atoms with Crippen LogP contribution in [0.15, 0.2) is 24.3 Å². The van der Waals surface area contributed by atoms with Crippen molar-refractivity contribution in [3.63, 3.8) is 0 Å². The van der Waals surface area contributed by atoms with Crippen molar-refractivity contribution in [2.45, 2.75) is 58.9 Å². The Morgan fingerprint density at radius 1 is 1.21 bits per heavy atom. The molecule has 0 spiro atoms. The number of aliphatic carboxylic acids is 1. The number of carbonyl (C=O) groups is 2. The molecule has 0 radical (unpaired) electrons. The van der Waals surface area contributed by atoms with E-state index in [-0.39, 0.29) is 17.7 Å². The SMILES string of the molecule is COc1cccc(C(C)(CC(=O)O)NC(=O)CCCC(C)(C)C)c1. The zero-order valence-electron chi connectivity index (χ0n) is 15.3. The standard InChI is InChI=1S/C19H29NO4/c1-18(2,3)11-7-10-16(21)20-19(4,13-17(22)23)14-8-6-9-15(12-14)24-5/h6,8-9,12H,7,10-11,13H2,1-5H3,(H,20,21)(H,22,23). The lowest BCUT2D eigenvalue weighted by atomic mass is 9.87. The zero-order valence-corrected chi connectivity index (χ0v) is 15.3. The maximum absolute atomic E-state index is 12.3. The second kappa shape index (κ2) is 8.18. The lowest BCUT2D eigenvalue weighted by molar-refractivity contribution is -0.139. The summed E-state index contributed by atoms with van der Waals surface area (Å²) in [4.78, 5) is 23.6. The van der Waals surface area contributed by atoms with Crippen LogP contribution in [0.25, 0.3) is 0 Å². The average molecular weight is 335 g/mol. The molecule has 1 rings (SSSR count). The number of ether oxygens (including phenoxy) is 1. The second-order valence-electron chi connectivity index (χ2n) is 7.60. The van der Waals surface area contributed by atoms with Gasteiger partial charge in [-0.05, 0) is 42.9 Å². The van der Waals surface area contributed by atoms with Crippen LogP contribution in [-0.2, 0) is 15.1 Å². The quantitative estimate of drug-likeness (QED) is 0.759. The van der Waals surface area contributed by atoms with E-state index in [0.717, 1.165) is 12.8 Å². The number of hydrogen-bond donors (Lipinski definition) is 2. The smallest absolute Gasteiger partial charge is 0.306 e. The molecule has 0 bridgehead atoms. The van der Waals surface area contributed by atoms with E-state index in [1.165, 1.54) is 0 Å². The number of carbonyl (C=O) groups excluding carboxylic acids is 1. The molecule has 1 unspecified atom stereocenters. The molecular weight excluding hydrogens is 306 g/mol. The lowest BCUT2D eigenvalue weighted by Crippen LogP contribution is -2.45. The van der Waals surface area contributed by atoms with E-state index >= 15 is 0 Å². The van der Waals surface area contributed by atoms with Crippen molar-refractivity contribution >= 4 is 11.9 Å². The summed E-state index contributed by atoms with van der Waals surface area (Å²) in [5.74, 6) is -0.466. The van der Waals surface area contributed by atoms with Gasteiger partial charge in [0.2, 0.25) is 5.91 Å². The van der Waals surface area contributed by atoms with E-state index in [4.69, 9.17) is 4.74 Å². The first-order valence-corrected chi connectivity index (χ1v) is 8.23. The first kappa shape index (κ1) is 20.0. The number of carboxylic acid groups (broad SMARTS) is 1. The summed E-state index contributed by atoms with van der Waals surface area (Å²) in [5.41, 5.74) is -0.0789. The van der Waals surface area contributed by atoms with Crippen molar-refractivity contribution in [3.05, 3.63) is 29.8 Å². The van der Waals surface area contributed by atoms with Crippen LogP contribution in [0.4, 0.5) is 0 Å². The van der Waals surface area contributed by atoms with Gasteiger partial charge in [0.1, 0.15) is 5.75 Å². The second-order valence-corrected chi connectivity index (χ2v) is 7.60. The van der Waals surface area contributed by atoms with Gasteiger partial charge in [-0.3, -0.25) is 9.59 Å². The summed E-state index contributed by atoms with van der Waals surface area (Å²) >= 11 is 0. The maximum atomic E-state index is 12.3. The van der Waals surface area contributed by atoms with E-state index in [1.54, 1.807) is 38.3 Å². The molecule has 5 nitrogen and oxygen atoms in total. The summed E-state index contributed by atoms with van der Waals surface area (Å²) in [6.07, 6.45) is 1.91. The number of hydrogen-bond acceptors (Lipinski definition) is 3. The van der Waals surface area contributed by atoms with E-state index in [2.05, 4.69) is 26.1 Å². The molecule has 0 aliphatic rings. The van der Waals surface area contributed by atoms with E-state index in [1.807, 2.05) is 0 Å². The molecule has 2 N–H and O–H groups in total. The highest BCUT2D eigenvalue weighted by Gasteiger charge is 2.31. The van der Waals surface area contributed by atoms with Crippen molar-refractivity contribution in [2.24, 2.45) is 5.41 Å². The predicted molar refractivity (Wildman–Crippen MR) is 94.0 cm³/mol. The summed E-state index contributed by atoms with van der Waals surface area (Å²) in [6, 6.07) is 7.15. The molecule has 0 fully saturated rings. The maximum Gasteiger partial charge on any atom is 0.306 e. The van der Waals surface area contributed by atoms with Crippen LogP contribution in [-0.4, -0.2) is 24.1 Å². The van der Waals surface area contributed by atoms with E-state index in [9.17, 15) is 14.7 Å². The van der Waals surface area contributed by atoms with Gasteiger partial charge in [0.15, 0.2) is 0 Å². The average Bonchev–Trinajstić information content (AvgIpc) is 2.45. The minimum absolute atomic E-state index is 0.134. The number of rotatable bonds is 8. The number of benzene rings is 1. The van der Waals surface area contributed by atoms with Gasteiger partial charge < -0.3 is 15.2 Å². The van der Waals surface area contributed by atoms with Crippen LogP contribution in [0.5, 0.6) is 5.75 Å². The Morgan fingerprint density at radius 3 is 2.42 bits per heavy atom. The molecule has 24 heavy (non-hydrogen) atoms. The van der Waals surface area contributed by atoms with Gasteiger partial charge in [0, 0.05) is 6.42 Å². The Balaban J connectivity index is 2.87. The lowest BCUT2D eigenvalue weighted by Gasteiger charge is -2.30. The molecule has 1 amide bonds. The van der Waals surface area contributed by atoms with E-state index < -0.39 is 11.5 Å². The number of nitrogens with one attached hydrogen (secondary N) is 1. The molecule has 0 heterocycles. The molecule has 0 aromatic heterocycles. The monoisotopic (exact) mass is 335 g/mol. The van der Waals surface area contributed by atoms with Crippen LogP contribution in [0, 0.1) is 5.41 Å². The van der Waals surface area contributed by atoms with Crippen molar-refractivity contribution in [1.82, 2.24) is 5.32 Å². The molecule has 0 saturated carbocycles. The van der Waals surface area contributed by atoms with Gasteiger partial charge in [-0.25, -0.2) is 0 Å². The van der Waals surface area contributed by atoms with Crippen LogP contribution >= 0.6 is 0 Å². The van der Waals surface area contributed by atoms with Gasteiger partial charge >= 0.3 is 5.97 Å². The van der Waals surface area contributed by atoms with Gasteiger partial charge in [-0.15, -0.1) is 0 Å².